The molecule has 3 aromatic rings. The summed E-state index contributed by atoms with van der Waals surface area (Å²) in [6, 6.07) is 6.00. The largest absolute Gasteiger partial charge is 0.335 e. The zero-order valence-electron chi connectivity index (χ0n) is 13.5. The molecule has 0 N–H and O–H groups in total. The molecule has 1 fully saturated rings. The van der Waals surface area contributed by atoms with Crippen LogP contribution in [0.4, 0.5) is 0 Å². The van der Waals surface area contributed by atoms with Gasteiger partial charge in [-0.05, 0) is 17.5 Å². The number of aromatic nitrogens is 3. The predicted molar refractivity (Wildman–Crippen MR) is 98.6 cm³/mol. The van der Waals surface area contributed by atoms with Crippen LogP contribution in [0.1, 0.15) is 15.4 Å². The summed E-state index contributed by atoms with van der Waals surface area (Å²) in [5.41, 5.74) is 0.485. The van der Waals surface area contributed by atoms with Gasteiger partial charge in [-0.25, -0.2) is 15.0 Å². The van der Waals surface area contributed by atoms with Crippen LogP contribution >= 0.6 is 22.7 Å². The number of rotatable bonds is 4. The van der Waals surface area contributed by atoms with E-state index in [-0.39, 0.29) is 5.91 Å². The van der Waals surface area contributed by atoms with Crippen molar-refractivity contribution >= 4 is 28.6 Å². The summed E-state index contributed by atoms with van der Waals surface area (Å²) in [5, 5.41) is 4.58. The molecule has 3 aromatic heterocycles. The van der Waals surface area contributed by atoms with E-state index >= 15 is 0 Å². The molecular weight excluding hydrogens is 354 g/mol. The van der Waals surface area contributed by atoms with Crippen LogP contribution in [0.25, 0.3) is 10.8 Å². The Hall–Kier alpha value is -2.16. The monoisotopic (exact) mass is 371 g/mol. The molecule has 6 nitrogen and oxygen atoms in total. The van der Waals surface area contributed by atoms with E-state index in [4.69, 9.17) is 0 Å². The standard InChI is InChI=1S/C17H17N5OS2/c23-17(14-12-25-16(20-14)15-18-4-2-5-19-15)22-8-6-21(7-9-22)11-13-3-1-10-24-13/h1-5,10,12H,6-9,11H2. The third-order valence-electron chi connectivity index (χ3n) is 4.10. The van der Waals surface area contributed by atoms with Gasteiger partial charge in [-0.15, -0.1) is 22.7 Å². The van der Waals surface area contributed by atoms with E-state index in [9.17, 15) is 4.79 Å². The van der Waals surface area contributed by atoms with Gasteiger partial charge in [-0.3, -0.25) is 9.69 Å². The minimum absolute atomic E-state index is 0.00537. The van der Waals surface area contributed by atoms with Crippen molar-refractivity contribution in [1.82, 2.24) is 24.8 Å². The summed E-state index contributed by atoms with van der Waals surface area (Å²) in [4.78, 5) is 31.1. The van der Waals surface area contributed by atoms with Crippen LogP contribution in [-0.4, -0.2) is 56.8 Å². The van der Waals surface area contributed by atoms with Gasteiger partial charge < -0.3 is 4.90 Å². The van der Waals surface area contributed by atoms with Crippen LogP contribution in [0, 0.1) is 0 Å². The number of carbonyl (C=O) groups excluding carboxylic acids is 1. The predicted octanol–water partition coefficient (Wildman–Crippen LogP) is 2.62. The molecule has 0 spiro atoms. The second kappa shape index (κ2) is 7.38. The molecule has 0 unspecified atom stereocenters. The summed E-state index contributed by atoms with van der Waals surface area (Å²) in [6.07, 6.45) is 3.36. The number of thiazole rings is 1. The van der Waals surface area contributed by atoms with E-state index < -0.39 is 0 Å². The maximum atomic E-state index is 12.7. The van der Waals surface area contributed by atoms with Crippen molar-refractivity contribution < 1.29 is 4.79 Å². The molecule has 25 heavy (non-hydrogen) atoms. The van der Waals surface area contributed by atoms with Gasteiger partial charge in [0.15, 0.2) is 10.8 Å². The first kappa shape index (κ1) is 16.3. The number of amides is 1. The minimum atomic E-state index is -0.00537. The number of thiophene rings is 1. The molecule has 0 saturated carbocycles. The summed E-state index contributed by atoms with van der Waals surface area (Å²) < 4.78 is 0. The fraction of sp³-hybridized carbons (Fsp3) is 0.294. The van der Waals surface area contributed by atoms with Crippen molar-refractivity contribution in [2.75, 3.05) is 26.2 Å². The molecule has 128 valence electrons. The summed E-state index contributed by atoms with van der Waals surface area (Å²) in [7, 11) is 0. The van der Waals surface area contributed by atoms with Crippen molar-refractivity contribution in [3.8, 4) is 10.8 Å². The fourth-order valence-corrected chi connectivity index (χ4v) is 4.26. The van der Waals surface area contributed by atoms with Crippen LogP contribution < -0.4 is 0 Å². The van der Waals surface area contributed by atoms with E-state index in [0.29, 0.717) is 16.5 Å². The zero-order chi connectivity index (χ0) is 17.1. The van der Waals surface area contributed by atoms with Crippen LogP contribution in [0.2, 0.25) is 0 Å². The third-order valence-corrected chi connectivity index (χ3v) is 5.80. The van der Waals surface area contributed by atoms with E-state index in [1.807, 2.05) is 4.90 Å². The highest BCUT2D eigenvalue weighted by Gasteiger charge is 2.24. The smallest absolute Gasteiger partial charge is 0.273 e. The summed E-state index contributed by atoms with van der Waals surface area (Å²) in [6.45, 7) is 4.22. The summed E-state index contributed by atoms with van der Waals surface area (Å²) >= 11 is 3.18. The molecule has 0 aliphatic carbocycles. The van der Waals surface area contributed by atoms with Crippen LogP contribution in [0.3, 0.4) is 0 Å². The average molecular weight is 371 g/mol. The SMILES string of the molecule is O=C(c1csc(-c2ncccn2)n1)N1CCN(Cc2cccs2)CC1. The molecule has 4 rings (SSSR count). The highest BCUT2D eigenvalue weighted by molar-refractivity contribution is 7.13. The topological polar surface area (TPSA) is 62.2 Å². The van der Waals surface area contributed by atoms with Crippen molar-refractivity contribution in [3.63, 3.8) is 0 Å². The molecule has 8 heteroatoms. The van der Waals surface area contributed by atoms with Crippen LogP contribution in [0.15, 0.2) is 41.4 Å². The van der Waals surface area contributed by atoms with Gasteiger partial charge in [0.2, 0.25) is 0 Å². The molecule has 4 heterocycles. The normalized spacial score (nSPS) is 15.4. The third kappa shape index (κ3) is 3.76. The lowest BCUT2D eigenvalue weighted by atomic mass is 10.2. The Labute approximate surface area is 153 Å². The van der Waals surface area contributed by atoms with Gasteiger partial charge in [0.05, 0.1) is 0 Å². The van der Waals surface area contributed by atoms with Gasteiger partial charge in [0.25, 0.3) is 5.91 Å². The lowest BCUT2D eigenvalue weighted by Gasteiger charge is -2.34. The highest BCUT2D eigenvalue weighted by atomic mass is 32.1. The van der Waals surface area contributed by atoms with Gasteiger partial charge >= 0.3 is 0 Å². The number of nitrogens with zero attached hydrogens (tertiary/aromatic N) is 5. The second-order valence-corrected chi connectivity index (χ2v) is 7.65. The molecule has 0 aromatic carbocycles. The molecule has 0 bridgehead atoms. The quantitative estimate of drug-likeness (QED) is 0.705. The van der Waals surface area contributed by atoms with Gasteiger partial charge in [-0.1, -0.05) is 6.07 Å². The summed E-state index contributed by atoms with van der Waals surface area (Å²) in [5.74, 6) is 0.557. The lowest BCUT2D eigenvalue weighted by molar-refractivity contribution is 0.0625. The Morgan fingerprint density at radius 2 is 1.88 bits per heavy atom. The second-order valence-electron chi connectivity index (χ2n) is 5.76. The Bertz CT molecular complexity index is 826. The first-order valence-corrected chi connectivity index (χ1v) is 9.82. The molecule has 1 saturated heterocycles. The number of hydrogen-bond acceptors (Lipinski definition) is 7. The van der Waals surface area contributed by atoms with E-state index in [1.54, 1.807) is 35.2 Å². The van der Waals surface area contributed by atoms with Gasteiger partial charge in [-0.2, -0.15) is 0 Å². The maximum Gasteiger partial charge on any atom is 0.273 e. The van der Waals surface area contributed by atoms with Gasteiger partial charge in [0, 0.05) is 55.4 Å². The zero-order valence-corrected chi connectivity index (χ0v) is 15.2. The maximum absolute atomic E-state index is 12.7. The lowest BCUT2D eigenvalue weighted by Crippen LogP contribution is -2.48. The average Bonchev–Trinajstić information content (AvgIpc) is 3.34. The van der Waals surface area contributed by atoms with Gasteiger partial charge in [0.1, 0.15) is 5.69 Å². The van der Waals surface area contributed by atoms with Crippen LogP contribution in [-0.2, 0) is 6.54 Å². The fourth-order valence-electron chi connectivity index (χ4n) is 2.78. The molecule has 1 aliphatic rings. The van der Waals surface area contributed by atoms with E-state index in [2.05, 4.69) is 37.4 Å². The minimum Gasteiger partial charge on any atom is -0.335 e. The molecule has 0 radical (unpaired) electrons. The van der Waals surface area contributed by atoms with E-state index in [0.717, 1.165) is 32.7 Å². The first-order valence-electron chi connectivity index (χ1n) is 8.06. The first-order chi connectivity index (χ1) is 12.3. The molecule has 1 amide bonds. The number of hydrogen-bond donors (Lipinski definition) is 0. The van der Waals surface area contributed by atoms with E-state index in [1.165, 1.54) is 16.2 Å². The highest BCUT2D eigenvalue weighted by Crippen LogP contribution is 2.21. The Morgan fingerprint density at radius 1 is 1.08 bits per heavy atom. The number of carbonyl (C=O) groups is 1. The number of piperazine rings is 1. The van der Waals surface area contributed by atoms with Crippen molar-refractivity contribution in [1.29, 1.82) is 0 Å². The van der Waals surface area contributed by atoms with Crippen molar-refractivity contribution in [2.24, 2.45) is 0 Å². The van der Waals surface area contributed by atoms with Crippen molar-refractivity contribution in [2.45, 2.75) is 6.54 Å². The Kier molecular flexibility index (Phi) is 4.82. The molecule has 1 aliphatic heterocycles. The Balaban J connectivity index is 1.37. The molecular formula is C17H17N5OS2. The Morgan fingerprint density at radius 3 is 2.60 bits per heavy atom. The van der Waals surface area contributed by atoms with Crippen LogP contribution in [0.5, 0.6) is 0 Å². The molecule has 0 atom stereocenters. The van der Waals surface area contributed by atoms with Crippen molar-refractivity contribution in [3.05, 3.63) is 51.9 Å².